The van der Waals surface area contributed by atoms with E-state index in [0.717, 1.165) is 5.56 Å². The van der Waals surface area contributed by atoms with E-state index in [9.17, 15) is 9.59 Å². The molecule has 6 nitrogen and oxygen atoms in total. The quantitative estimate of drug-likeness (QED) is 0.783. The summed E-state index contributed by atoms with van der Waals surface area (Å²) >= 11 is 11.8. The fourth-order valence-corrected chi connectivity index (χ4v) is 2.80. The fourth-order valence-electron chi connectivity index (χ4n) is 2.32. The number of amides is 1. The Balaban J connectivity index is 1.55. The van der Waals surface area contributed by atoms with Gasteiger partial charge in [0.15, 0.2) is 17.6 Å². The minimum atomic E-state index is -0.983. The molecule has 1 aliphatic rings. The molecule has 8 heteroatoms. The van der Waals surface area contributed by atoms with Gasteiger partial charge in [-0.2, -0.15) is 0 Å². The number of rotatable bonds is 5. The Labute approximate surface area is 159 Å². The maximum Gasteiger partial charge on any atom is 0.340 e. The number of ether oxygens (including phenoxy) is 3. The average molecular weight is 396 g/mol. The summed E-state index contributed by atoms with van der Waals surface area (Å²) in [5.41, 5.74) is 0.980. The zero-order valence-electron chi connectivity index (χ0n) is 13.8. The van der Waals surface area contributed by atoms with Crippen molar-refractivity contribution in [2.45, 2.75) is 19.6 Å². The SMILES string of the molecule is C[C@@H](OC(=O)c1ccc(Cl)cc1Cl)C(=O)NCc1ccc2c(c1)OCO2. The molecule has 0 spiro atoms. The Kier molecular flexibility index (Phi) is 5.54. The van der Waals surface area contributed by atoms with Crippen LogP contribution in [0.2, 0.25) is 10.0 Å². The number of carbonyl (C=O) groups excluding carboxylic acids is 2. The number of benzene rings is 2. The molecular weight excluding hydrogens is 381 g/mol. The van der Waals surface area contributed by atoms with Crippen molar-refractivity contribution in [2.24, 2.45) is 0 Å². The van der Waals surface area contributed by atoms with Crippen molar-refractivity contribution in [3.63, 3.8) is 0 Å². The maximum absolute atomic E-state index is 12.2. The molecule has 1 heterocycles. The molecule has 0 fully saturated rings. The number of hydrogen-bond donors (Lipinski definition) is 1. The topological polar surface area (TPSA) is 73.9 Å². The molecule has 0 saturated heterocycles. The summed E-state index contributed by atoms with van der Waals surface area (Å²) in [6.07, 6.45) is -0.983. The van der Waals surface area contributed by atoms with Crippen molar-refractivity contribution >= 4 is 35.1 Å². The first-order valence-corrected chi connectivity index (χ1v) is 8.52. The smallest absolute Gasteiger partial charge is 0.340 e. The van der Waals surface area contributed by atoms with Crippen LogP contribution in [0.4, 0.5) is 0 Å². The summed E-state index contributed by atoms with van der Waals surface area (Å²) in [4.78, 5) is 24.3. The van der Waals surface area contributed by atoms with Crippen LogP contribution in [0, 0.1) is 0 Å². The maximum atomic E-state index is 12.2. The number of fused-ring (bicyclic) bond motifs is 1. The summed E-state index contributed by atoms with van der Waals surface area (Å²) in [6.45, 7) is 1.93. The second-order valence-corrected chi connectivity index (χ2v) is 6.42. The molecule has 1 aliphatic heterocycles. The summed E-state index contributed by atoms with van der Waals surface area (Å²) < 4.78 is 15.7. The summed E-state index contributed by atoms with van der Waals surface area (Å²) in [5, 5.41) is 3.27. The van der Waals surface area contributed by atoms with E-state index in [2.05, 4.69) is 5.32 Å². The van der Waals surface area contributed by atoms with Crippen LogP contribution in [0.15, 0.2) is 36.4 Å². The molecular formula is C18H15Cl2NO5. The zero-order valence-corrected chi connectivity index (χ0v) is 15.3. The monoisotopic (exact) mass is 395 g/mol. The van der Waals surface area contributed by atoms with Crippen molar-refractivity contribution in [1.29, 1.82) is 0 Å². The normalized spacial score (nSPS) is 13.2. The van der Waals surface area contributed by atoms with Gasteiger partial charge in [-0.3, -0.25) is 4.79 Å². The first-order chi connectivity index (χ1) is 12.4. The molecule has 136 valence electrons. The van der Waals surface area contributed by atoms with E-state index in [1.165, 1.54) is 25.1 Å². The predicted octanol–water partition coefficient (Wildman–Crippen LogP) is 3.58. The standard InChI is InChI=1S/C18H15Cl2NO5/c1-10(26-18(23)13-4-3-12(19)7-14(13)20)17(22)21-8-11-2-5-15-16(6-11)25-9-24-15/h2-7,10H,8-9H2,1H3,(H,21,22)/t10-/m1/s1. The van der Waals surface area contributed by atoms with Crippen molar-refractivity contribution in [3.8, 4) is 11.5 Å². The van der Waals surface area contributed by atoms with E-state index in [-0.39, 0.29) is 23.9 Å². The number of halogens is 2. The molecule has 2 aromatic carbocycles. The average Bonchev–Trinajstić information content (AvgIpc) is 3.07. The first kappa shape index (κ1) is 18.4. The van der Waals surface area contributed by atoms with Crippen molar-refractivity contribution < 1.29 is 23.8 Å². The second-order valence-electron chi connectivity index (χ2n) is 5.58. The zero-order chi connectivity index (χ0) is 18.7. The van der Waals surface area contributed by atoms with E-state index in [0.29, 0.717) is 16.5 Å². The lowest BCUT2D eigenvalue weighted by Gasteiger charge is -2.14. The molecule has 26 heavy (non-hydrogen) atoms. The van der Waals surface area contributed by atoms with E-state index < -0.39 is 18.0 Å². The summed E-state index contributed by atoms with van der Waals surface area (Å²) in [7, 11) is 0. The van der Waals surface area contributed by atoms with Gasteiger partial charge in [0.25, 0.3) is 5.91 Å². The van der Waals surface area contributed by atoms with Crippen LogP contribution < -0.4 is 14.8 Å². The van der Waals surface area contributed by atoms with Gasteiger partial charge in [-0.15, -0.1) is 0 Å². The largest absolute Gasteiger partial charge is 0.454 e. The highest BCUT2D eigenvalue weighted by molar-refractivity contribution is 6.36. The molecule has 0 bridgehead atoms. The Morgan fingerprint density at radius 1 is 1.15 bits per heavy atom. The third-order valence-electron chi connectivity index (χ3n) is 3.71. The van der Waals surface area contributed by atoms with Gasteiger partial charge in [0.05, 0.1) is 10.6 Å². The van der Waals surface area contributed by atoms with E-state index in [4.69, 9.17) is 37.4 Å². The third kappa shape index (κ3) is 4.20. The van der Waals surface area contributed by atoms with Crippen LogP contribution >= 0.6 is 23.2 Å². The van der Waals surface area contributed by atoms with Crippen LogP contribution in [0.1, 0.15) is 22.8 Å². The van der Waals surface area contributed by atoms with Gasteiger partial charge in [0.1, 0.15) is 0 Å². The van der Waals surface area contributed by atoms with Crippen LogP contribution in [-0.2, 0) is 16.1 Å². The minimum absolute atomic E-state index is 0.145. The van der Waals surface area contributed by atoms with Crippen molar-refractivity contribution in [3.05, 3.63) is 57.6 Å². The molecule has 0 aromatic heterocycles. The van der Waals surface area contributed by atoms with Gasteiger partial charge in [-0.1, -0.05) is 29.3 Å². The van der Waals surface area contributed by atoms with Gasteiger partial charge in [0.2, 0.25) is 6.79 Å². The van der Waals surface area contributed by atoms with E-state index in [1.807, 2.05) is 6.07 Å². The predicted molar refractivity (Wildman–Crippen MR) is 95.8 cm³/mol. The molecule has 0 aliphatic carbocycles. The van der Waals surface area contributed by atoms with E-state index >= 15 is 0 Å². The highest BCUT2D eigenvalue weighted by atomic mass is 35.5. The molecule has 1 atom stereocenters. The highest BCUT2D eigenvalue weighted by Crippen LogP contribution is 2.32. The van der Waals surface area contributed by atoms with Crippen LogP contribution in [0.5, 0.6) is 11.5 Å². The van der Waals surface area contributed by atoms with Crippen molar-refractivity contribution in [2.75, 3.05) is 6.79 Å². The molecule has 1 N–H and O–H groups in total. The summed E-state index contributed by atoms with van der Waals surface area (Å²) in [5.74, 6) is 0.175. The fraction of sp³-hybridized carbons (Fsp3) is 0.222. The Morgan fingerprint density at radius 3 is 2.69 bits per heavy atom. The lowest BCUT2D eigenvalue weighted by Crippen LogP contribution is -2.35. The third-order valence-corrected chi connectivity index (χ3v) is 4.26. The van der Waals surface area contributed by atoms with Crippen molar-refractivity contribution in [1.82, 2.24) is 5.32 Å². The van der Waals surface area contributed by atoms with Crippen LogP contribution in [0.25, 0.3) is 0 Å². The summed E-state index contributed by atoms with van der Waals surface area (Å²) in [6, 6.07) is 9.78. The molecule has 0 saturated carbocycles. The molecule has 0 radical (unpaired) electrons. The molecule has 0 unspecified atom stereocenters. The van der Waals surface area contributed by atoms with Crippen LogP contribution in [-0.4, -0.2) is 24.8 Å². The molecule has 3 rings (SSSR count). The van der Waals surface area contributed by atoms with Gasteiger partial charge in [-0.05, 0) is 42.8 Å². The molecule has 1 amide bonds. The number of hydrogen-bond acceptors (Lipinski definition) is 5. The number of nitrogens with one attached hydrogen (secondary N) is 1. The highest BCUT2D eigenvalue weighted by Gasteiger charge is 2.21. The van der Waals surface area contributed by atoms with Crippen LogP contribution in [0.3, 0.4) is 0 Å². The van der Waals surface area contributed by atoms with Gasteiger partial charge in [0, 0.05) is 11.6 Å². The minimum Gasteiger partial charge on any atom is -0.454 e. The van der Waals surface area contributed by atoms with Gasteiger partial charge < -0.3 is 19.5 Å². The lowest BCUT2D eigenvalue weighted by molar-refractivity contribution is -0.129. The Hall–Kier alpha value is -2.44. The number of esters is 1. The second kappa shape index (κ2) is 7.85. The van der Waals surface area contributed by atoms with E-state index in [1.54, 1.807) is 12.1 Å². The Bertz CT molecular complexity index is 855. The molecule has 2 aromatic rings. The Morgan fingerprint density at radius 2 is 1.92 bits per heavy atom. The lowest BCUT2D eigenvalue weighted by atomic mass is 10.2. The van der Waals surface area contributed by atoms with Gasteiger partial charge in [-0.25, -0.2) is 4.79 Å². The number of carbonyl (C=O) groups is 2. The van der Waals surface area contributed by atoms with Gasteiger partial charge >= 0.3 is 5.97 Å². The first-order valence-electron chi connectivity index (χ1n) is 7.76.